The van der Waals surface area contributed by atoms with Crippen LogP contribution in [-0.2, 0) is 21.4 Å². The van der Waals surface area contributed by atoms with Crippen LogP contribution in [-0.4, -0.2) is 79.6 Å². The number of hydrogen-bond acceptors (Lipinski definition) is 5. The minimum Gasteiger partial charge on any atom is -0.352 e. The second kappa shape index (κ2) is 11.6. The van der Waals surface area contributed by atoms with E-state index in [4.69, 9.17) is 0 Å². The van der Waals surface area contributed by atoms with E-state index in [0.717, 1.165) is 6.54 Å². The van der Waals surface area contributed by atoms with Gasteiger partial charge in [-0.15, -0.1) is 0 Å². The van der Waals surface area contributed by atoms with Crippen molar-refractivity contribution in [3.05, 3.63) is 65.7 Å². The Bertz CT molecular complexity index is 1080. The molecule has 0 spiro atoms. The number of sulfonamides is 1. The van der Waals surface area contributed by atoms with Gasteiger partial charge in [0.05, 0.1) is 11.4 Å². The van der Waals surface area contributed by atoms with E-state index < -0.39 is 10.0 Å². The fraction of sp³-hybridized carbons (Fsp3) is 0.440. The molecular weight excluding hydrogens is 452 g/mol. The predicted octanol–water partition coefficient (Wildman–Crippen LogP) is 2.18. The molecule has 0 aromatic heterocycles. The van der Waals surface area contributed by atoms with Gasteiger partial charge in [-0.2, -0.15) is 4.31 Å². The molecule has 1 aliphatic heterocycles. The molecule has 0 bridgehead atoms. The van der Waals surface area contributed by atoms with Crippen molar-refractivity contribution in [1.29, 1.82) is 0 Å². The minimum atomic E-state index is -3.73. The smallest absolute Gasteiger partial charge is 0.254 e. The zero-order valence-corrected chi connectivity index (χ0v) is 20.9. The lowest BCUT2D eigenvalue weighted by atomic mass is 10.2. The maximum atomic E-state index is 13.3. The molecule has 0 unspecified atom stereocenters. The quantitative estimate of drug-likeness (QED) is 0.587. The topological polar surface area (TPSA) is 90.0 Å². The van der Waals surface area contributed by atoms with Crippen LogP contribution in [0, 0.1) is 0 Å². The summed E-state index contributed by atoms with van der Waals surface area (Å²) in [6.07, 6.45) is 0. The number of piperazine rings is 1. The normalized spacial score (nSPS) is 15.3. The SMILES string of the molecule is CCN(CC(=O)NC(C)C)C(=O)c1cccc(S(=O)(=O)N2CCN(Cc3ccccc3)CC2)c1. The number of carbonyl (C=O) groups excluding carboxylic acids is 2. The highest BCUT2D eigenvalue weighted by Gasteiger charge is 2.29. The summed E-state index contributed by atoms with van der Waals surface area (Å²) in [7, 11) is -3.73. The molecule has 9 heteroatoms. The third kappa shape index (κ3) is 6.65. The van der Waals surface area contributed by atoms with Gasteiger partial charge in [0.25, 0.3) is 5.91 Å². The van der Waals surface area contributed by atoms with Gasteiger partial charge in [-0.25, -0.2) is 8.42 Å². The van der Waals surface area contributed by atoms with Gasteiger partial charge in [0, 0.05) is 50.9 Å². The number of carbonyl (C=O) groups is 2. The molecule has 3 rings (SSSR count). The lowest BCUT2D eigenvalue weighted by Crippen LogP contribution is -2.48. The van der Waals surface area contributed by atoms with Crippen molar-refractivity contribution in [1.82, 2.24) is 19.4 Å². The number of nitrogens with one attached hydrogen (secondary N) is 1. The van der Waals surface area contributed by atoms with Gasteiger partial charge in [0.1, 0.15) is 0 Å². The Kier molecular flexibility index (Phi) is 8.82. The van der Waals surface area contributed by atoms with Crippen LogP contribution in [0.15, 0.2) is 59.5 Å². The number of likely N-dealkylation sites (N-methyl/N-ethyl adjacent to an activating group) is 1. The molecule has 0 aliphatic carbocycles. The standard InChI is InChI=1S/C25H34N4O4S/c1-4-28(19-24(30)26-20(2)3)25(31)22-11-8-12-23(17-22)34(32,33)29-15-13-27(14-16-29)18-21-9-6-5-7-10-21/h5-12,17,20H,4,13-16,18-19H2,1-3H3,(H,26,30). The molecule has 0 atom stereocenters. The third-order valence-corrected chi connectivity index (χ3v) is 7.65. The van der Waals surface area contributed by atoms with Crippen molar-refractivity contribution in [3.63, 3.8) is 0 Å². The van der Waals surface area contributed by atoms with Crippen molar-refractivity contribution in [3.8, 4) is 0 Å². The first-order valence-electron chi connectivity index (χ1n) is 11.7. The summed E-state index contributed by atoms with van der Waals surface area (Å²) < 4.78 is 28.0. The summed E-state index contributed by atoms with van der Waals surface area (Å²) in [6.45, 7) is 8.61. The molecule has 0 radical (unpaired) electrons. The molecule has 2 amide bonds. The summed E-state index contributed by atoms with van der Waals surface area (Å²) in [5.41, 5.74) is 1.45. The molecular formula is C25H34N4O4S. The highest BCUT2D eigenvalue weighted by molar-refractivity contribution is 7.89. The average Bonchev–Trinajstić information content (AvgIpc) is 2.83. The van der Waals surface area contributed by atoms with Gasteiger partial charge in [0.15, 0.2) is 0 Å². The maximum absolute atomic E-state index is 13.3. The average molecular weight is 487 g/mol. The van der Waals surface area contributed by atoms with E-state index in [1.54, 1.807) is 19.1 Å². The molecule has 0 saturated carbocycles. The fourth-order valence-corrected chi connectivity index (χ4v) is 5.43. The van der Waals surface area contributed by atoms with Crippen LogP contribution in [0.4, 0.5) is 0 Å². The van der Waals surface area contributed by atoms with E-state index in [1.807, 2.05) is 32.0 Å². The first-order valence-corrected chi connectivity index (χ1v) is 13.1. The molecule has 2 aromatic rings. The number of rotatable bonds is 9. The molecule has 1 N–H and O–H groups in total. The summed E-state index contributed by atoms with van der Waals surface area (Å²) >= 11 is 0. The number of benzene rings is 2. The van der Waals surface area contributed by atoms with Crippen LogP contribution in [0.2, 0.25) is 0 Å². The summed E-state index contributed by atoms with van der Waals surface area (Å²) in [5.74, 6) is -0.617. The highest BCUT2D eigenvalue weighted by atomic mass is 32.2. The van der Waals surface area contributed by atoms with E-state index >= 15 is 0 Å². The van der Waals surface area contributed by atoms with Crippen molar-refractivity contribution >= 4 is 21.8 Å². The van der Waals surface area contributed by atoms with E-state index in [9.17, 15) is 18.0 Å². The highest BCUT2D eigenvalue weighted by Crippen LogP contribution is 2.20. The molecule has 1 heterocycles. The van der Waals surface area contributed by atoms with Gasteiger partial charge in [-0.1, -0.05) is 36.4 Å². The summed E-state index contributed by atoms with van der Waals surface area (Å²) in [4.78, 5) is 28.9. The molecule has 184 valence electrons. The van der Waals surface area contributed by atoms with E-state index in [-0.39, 0.29) is 34.9 Å². The van der Waals surface area contributed by atoms with E-state index in [1.165, 1.54) is 26.9 Å². The van der Waals surface area contributed by atoms with Crippen LogP contribution in [0.1, 0.15) is 36.7 Å². The first-order chi connectivity index (χ1) is 16.2. The Morgan fingerprint density at radius 2 is 1.68 bits per heavy atom. The van der Waals surface area contributed by atoms with Crippen LogP contribution >= 0.6 is 0 Å². The Hall–Kier alpha value is -2.75. The Morgan fingerprint density at radius 3 is 2.29 bits per heavy atom. The van der Waals surface area contributed by atoms with Gasteiger partial charge < -0.3 is 10.2 Å². The largest absolute Gasteiger partial charge is 0.352 e. The minimum absolute atomic E-state index is 0.0251. The molecule has 1 aliphatic rings. The summed E-state index contributed by atoms with van der Waals surface area (Å²) in [5, 5.41) is 2.77. The predicted molar refractivity (Wildman–Crippen MR) is 132 cm³/mol. The number of amides is 2. The van der Waals surface area contributed by atoms with E-state index in [2.05, 4.69) is 22.3 Å². The second-order valence-electron chi connectivity index (χ2n) is 8.74. The Balaban J connectivity index is 1.66. The molecule has 2 aromatic carbocycles. The second-order valence-corrected chi connectivity index (χ2v) is 10.7. The van der Waals surface area contributed by atoms with Gasteiger partial charge >= 0.3 is 0 Å². The zero-order valence-electron chi connectivity index (χ0n) is 20.1. The molecule has 1 fully saturated rings. The third-order valence-electron chi connectivity index (χ3n) is 5.75. The Labute approximate surface area is 202 Å². The molecule has 8 nitrogen and oxygen atoms in total. The first kappa shape index (κ1) is 25.9. The molecule has 1 saturated heterocycles. The maximum Gasteiger partial charge on any atom is 0.254 e. The van der Waals surface area contributed by atoms with Crippen molar-refractivity contribution in [2.24, 2.45) is 0 Å². The van der Waals surface area contributed by atoms with Crippen molar-refractivity contribution in [2.45, 2.75) is 38.3 Å². The molecule has 34 heavy (non-hydrogen) atoms. The van der Waals surface area contributed by atoms with Crippen LogP contribution in [0.3, 0.4) is 0 Å². The Morgan fingerprint density at radius 1 is 1.00 bits per heavy atom. The lowest BCUT2D eigenvalue weighted by molar-refractivity contribution is -0.122. The monoisotopic (exact) mass is 486 g/mol. The van der Waals surface area contributed by atoms with Gasteiger partial charge in [-0.3, -0.25) is 14.5 Å². The van der Waals surface area contributed by atoms with E-state index in [0.29, 0.717) is 32.7 Å². The fourth-order valence-electron chi connectivity index (χ4n) is 3.96. The van der Waals surface area contributed by atoms with Gasteiger partial charge in [-0.05, 0) is 44.5 Å². The van der Waals surface area contributed by atoms with Crippen LogP contribution in [0.5, 0.6) is 0 Å². The van der Waals surface area contributed by atoms with Crippen molar-refractivity contribution < 1.29 is 18.0 Å². The summed E-state index contributed by atoms with van der Waals surface area (Å²) in [6, 6.07) is 16.2. The van der Waals surface area contributed by atoms with Gasteiger partial charge in [0.2, 0.25) is 15.9 Å². The van der Waals surface area contributed by atoms with Crippen LogP contribution < -0.4 is 5.32 Å². The lowest BCUT2D eigenvalue weighted by Gasteiger charge is -2.34. The zero-order chi connectivity index (χ0) is 24.7. The number of hydrogen-bond donors (Lipinski definition) is 1. The van der Waals surface area contributed by atoms with Crippen molar-refractivity contribution in [2.75, 3.05) is 39.3 Å². The van der Waals surface area contributed by atoms with Crippen LogP contribution in [0.25, 0.3) is 0 Å². The number of nitrogens with zero attached hydrogens (tertiary/aromatic N) is 3.